The first kappa shape index (κ1) is 24.7. The summed E-state index contributed by atoms with van der Waals surface area (Å²) in [4.78, 5) is 18.5. The molecule has 6 heteroatoms. The second-order valence-electron chi connectivity index (χ2n) is 11.1. The van der Waals surface area contributed by atoms with Crippen molar-refractivity contribution in [2.45, 2.75) is 75.2 Å². The van der Waals surface area contributed by atoms with Crippen LogP contribution in [0.3, 0.4) is 0 Å². The molecule has 6 aliphatic heterocycles. The van der Waals surface area contributed by atoms with Gasteiger partial charge in [0.1, 0.15) is 5.75 Å². The van der Waals surface area contributed by atoms with E-state index in [2.05, 4.69) is 63.2 Å². The first-order valence-corrected chi connectivity index (χ1v) is 14.1. The summed E-state index contributed by atoms with van der Waals surface area (Å²) < 4.78 is 5.63. The lowest BCUT2D eigenvalue weighted by Gasteiger charge is -2.66. The SMILES string of the molecule is C=CCN1C2CCC3C1CCC2N3C(c1ccc(C(=O)NN2CCCCC2)cc1)c1cccc(OC)c1. The van der Waals surface area contributed by atoms with E-state index in [9.17, 15) is 4.79 Å². The number of hydrogen-bond acceptors (Lipinski definition) is 5. The summed E-state index contributed by atoms with van der Waals surface area (Å²) in [5, 5.41) is 2.06. The molecular weight excluding hydrogens is 460 g/mol. The Bertz CT molecular complexity index is 1090. The van der Waals surface area contributed by atoms with Gasteiger partial charge in [-0.2, -0.15) is 0 Å². The zero-order valence-corrected chi connectivity index (χ0v) is 22.0. The minimum absolute atomic E-state index is 0.0115. The molecule has 6 heterocycles. The smallest absolute Gasteiger partial charge is 0.265 e. The summed E-state index contributed by atoms with van der Waals surface area (Å²) in [6, 6.07) is 19.3. The summed E-state index contributed by atoms with van der Waals surface area (Å²) in [5.41, 5.74) is 6.34. The van der Waals surface area contributed by atoms with Crippen molar-refractivity contribution in [1.82, 2.24) is 20.2 Å². The zero-order valence-electron chi connectivity index (χ0n) is 22.0. The average molecular weight is 501 g/mol. The Hall–Kier alpha value is -2.67. The number of piperidine rings is 5. The number of ether oxygens (including phenoxy) is 1. The van der Waals surface area contributed by atoms with E-state index < -0.39 is 0 Å². The molecule has 1 N–H and O–H groups in total. The molecule has 5 atom stereocenters. The van der Waals surface area contributed by atoms with Crippen LogP contribution < -0.4 is 10.2 Å². The molecule has 6 fully saturated rings. The number of rotatable bonds is 8. The van der Waals surface area contributed by atoms with E-state index in [0.717, 1.165) is 43.8 Å². The van der Waals surface area contributed by atoms with Crippen LogP contribution in [0.25, 0.3) is 0 Å². The van der Waals surface area contributed by atoms with Crippen LogP contribution in [-0.4, -0.2) is 71.6 Å². The standard InChI is InChI=1S/C31H40N4O2/c1-3-18-34-26-14-16-28-27(34)15-17-29(26)35(28)30(24-8-7-9-25(21-24)37-2)22-10-12-23(13-11-22)31(36)32-33-19-5-4-6-20-33/h3,7-13,21,26-30H,1,4-6,14-20H2,2H3,(H,32,36). The van der Waals surface area contributed by atoms with Crippen LogP contribution in [0.4, 0.5) is 0 Å². The van der Waals surface area contributed by atoms with Gasteiger partial charge in [-0.05, 0) is 73.9 Å². The number of amides is 1. The van der Waals surface area contributed by atoms with E-state index in [1.54, 1.807) is 7.11 Å². The summed E-state index contributed by atoms with van der Waals surface area (Å²) in [5.74, 6) is 0.878. The highest BCUT2D eigenvalue weighted by Gasteiger charge is 2.56. The van der Waals surface area contributed by atoms with Gasteiger partial charge in [-0.25, -0.2) is 5.01 Å². The Morgan fingerprint density at radius 1 is 0.973 bits per heavy atom. The molecule has 37 heavy (non-hydrogen) atoms. The molecule has 0 radical (unpaired) electrons. The molecule has 2 aromatic carbocycles. The van der Waals surface area contributed by atoms with Crippen molar-refractivity contribution in [3.05, 3.63) is 77.9 Å². The van der Waals surface area contributed by atoms with Crippen molar-refractivity contribution in [3.63, 3.8) is 0 Å². The molecule has 1 amide bonds. The Labute approximate surface area is 221 Å². The lowest BCUT2D eigenvalue weighted by Crippen LogP contribution is -2.75. The maximum atomic E-state index is 13.0. The van der Waals surface area contributed by atoms with Crippen LogP contribution in [0.5, 0.6) is 5.75 Å². The molecule has 196 valence electrons. The van der Waals surface area contributed by atoms with Gasteiger partial charge in [0.25, 0.3) is 5.91 Å². The Morgan fingerprint density at radius 2 is 1.65 bits per heavy atom. The molecule has 6 aliphatic rings. The van der Waals surface area contributed by atoms with Gasteiger partial charge in [0.2, 0.25) is 0 Å². The fourth-order valence-corrected chi connectivity index (χ4v) is 7.60. The van der Waals surface area contributed by atoms with Crippen molar-refractivity contribution < 1.29 is 9.53 Å². The Morgan fingerprint density at radius 3 is 2.30 bits per heavy atom. The molecular formula is C31H40N4O2. The predicted octanol–water partition coefficient (Wildman–Crippen LogP) is 4.78. The number of nitrogens with one attached hydrogen (secondary N) is 1. The molecule has 4 bridgehead atoms. The molecule has 0 spiro atoms. The van der Waals surface area contributed by atoms with Gasteiger partial charge in [-0.3, -0.25) is 20.0 Å². The minimum atomic E-state index is -0.0115. The monoisotopic (exact) mass is 500 g/mol. The maximum Gasteiger partial charge on any atom is 0.265 e. The van der Waals surface area contributed by atoms with Crippen molar-refractivity contribution >= 4 is 5.91 Å². The lowest BCUT2D eigenvalue weighted by molar-refractivity contribution is -0.151. The van der Waals surface area contributed by atoms with Crippen molar-refractivity contribution in [1.29, 1.82) is 0 Å². The topological polar surface area (TPSA) is 48.0 Å². The van der Waals surface area contributed by atoms with Gasteiger partial charge in [0.15, 0.2) is 0 Å². The largest absolute Gasteiger partial charge is 0.497 e. The molecule has 8 rings (SSSR count). The van der Waals surface area contributed by atoms with Crippen LogP contribution in [0.1, 0.15) is 72.5 Å². The molecule has 6 saturated heterocycles. The number of piperazine rings is 1. The maximum absolute atomic E-state index is 13.0. The third kappa shape index (κ3) is 4.60. The van der Waals surface area contributed by atoms with Crippen LogP contribution in [0.15, 0.2) is 61.2 Å². The number of benzene rings is 2. The number of methoxy groups -OCH3 is 1. The third-order valence-corrected chi connectivity index (χ3v) is 9.17. The van der Waals surface area contributed by atoms with E-state index in [4.69, 9.17) is 4.74 Å². The fourth-order valence-electron chi connectivity index (χ4n) is 7.60. The lowest BCUT2D eigenvalue weighted by atomic mass is 9.69. The molecule has 0 aliphatic carbocycles. The quantitative estimate of drug-likeness (QED) is 0.529. The van der Waals surface area contributed by atoms with Gasteiger partial charge < -0.3 is 4.74 Å². The summed E-state index contributed by atoms with van der Waals surface area (Å²) in [6.07, 6.45) is 10.7. The number of nitrogens with zero attached hydrogens (tertiary/aromatic N) is 3. The van der Waals surface area contributed by atoms with Gasteiger partial charge in [-0.1, -0.05) is 36.8 Å². The van der Waals surface area contributed by atoms with Crippen molar-refractivity contribution in [2.75, 3.05) is 26.7 Å². The van der Waals surface area contributed by atoms with Gasteiger partial charge >= 0.3 is 0 Å². The highest BCUT2D eigenvalue weighted by atomic mass is 16.5. The fraction of sp³-hybridized carbons (Fsp3) is 0.516. The van der Waals surface area contributed by atoms with E-state index >= 15 is 0 Å². The average Bonchev–Trinajstić information content (AvgIpc) is 2.94. The normalized spacial score (nSPS) is 28.7. The summed E-state index contributed by atoms with van der Waals surface area (Å²) in [7, 11) is 1.74. The summed E-state index contributed by atoms with van der Waals surface area (Å²) in [6.45, 7) is 6.90. The first-order valence-electron chi connectivity index (χ1n) is 14.1. The van der Waals surface area contributed by atoms with Crippen LogP contribution in [0.2, 0.25) is 0 Å². The van der Waals surface area contributed by atoms with Crippen LogP contribution in [-0.2, 0) is 0 Å². The van der Waals surface area contributed by atoms with Crippen molar-refractivity contribution in [3.8, 4) is 5.75 Å². The van der Waals surface area contributed by atoms with Gasteiger partial charge in [0.05, 0.1) is 13.2 Å². The zero-order chi connectivity index (χ0) is 25.4. The van der Waals surface area contributed by atoms with E-state index in [-0.39, 0.29) is 11.9 Å². The molecule has 6 nitrogen and oxygen atoms in total. The molecule has 5 unspecified atom stereocenters. The highest BCUT2D eigenvalue weighted by molar-refractivity contribution is 5.93. The number of hydrogen-bond donors (Lipinski definition) is 1. The minimum Gasteiger partial charge on any atom is -0.497 e. The second-order valence-corrected chi connectivity index (χ2v) is 11.1. The predicted molar refractivity (Wildman–Crippen MR) is 147 cm³/mol. The Balaban J connectivity index is 1.31. The number of fused-ring (bicyclic) bond motifs is 2. The van der Waals surface area contributed by atoms with E-state index in [1.807, 2.05) is 18.2 Å². The number of carbonyl (C=O) groups is 1. The van der Waals surface area contributed by atoms with Gasteiger partial charge in [0, 0.05) is 49.4 Å². The highest BCUT2D eigenvalue weighted by Crippen LogP contribution is 2.50. The van der Waals surface area contributed by atoms with Crippen LogP contribution in [0, 0.1) is 0 Å². The van der Waals surface area contributed by atoms with Crippen LogP contribution >= 0.6 is 0 Å². The molecule has 0 saturated carbocycles. The van der Waals surface area contributed by atoms with E-state index in [1.165, 1.54) is 43.2 Å². The third-order valence-electron chi connectivity index (χ3n) is 9.17. The molecule has 2 aromatic rings. The second kappa shape index (κ2) is 10.6. The Kier molecular flexibility index (Phi) is 7.06. The molecule has 0 aromatic heterocycles. The number of hydrazine groups is 1. The summed E-state index contributed by atoms with van der Waals surface area (Å²) >= 11 is 0. The van der Waals surface area contributed by atoms with E-state index in [0.29, 0.717) is 24.2 Å². The first-order chi connectivity index (χ1) is 18.2. The van der Waals surface area contributed by atoms with Crippen molar-refractivity contribution in [2.24, 2.45) is 0 Å². The van der Waals surface area contributed by atoms with Gasteiger partial charge in [-0.15, -0.1) is 6.58 Å². The number of carbonyl (C=O) groups excluding carboxylic acids is 1.